The van der Waals surface area contributed by atoms with Gasteiger partial charge in [-0.1, -0.05) is 20.8 Å². The molecule has 1 aliphatic rings. The number of rotatable bonds is 3. The maximum atomic E-state index is 5.80. The molecule has 0 unspecified atom stereocenters. The second-order valence-corrected chi connectivity index (χ2v) is 7.14. The molecule has 0 spiro atoms. The predicted octanol–water partition coefficient (Wildman–Crippen LogP) is 1.21. The number of ether oxygens (including phenoxy) is 1. The Morgan fingerprint density at radius 2 is 2.13 bits per heavy atom. The molecular formula is C16H26N6O. The van der Waals surface area contributed by atoms with Crippen molar-refractivity contribution < 1.29 is 4.74 Å². The molecule has 0 bridgehead atoms. The predicted molar refractivity (Wildman–Crippen MR) is 90.6 cm³/mol. The number of fused-ring (bicyclic) bond motifs is 1. The maximum Gasteiger partial charge on any atom is 0.163 e. The molecule has 0 amide bonds. The van der Waals surface area contributed by atoms with Gasteiger partial charge >= 0.3 is 0 Å². The van der Waals surface area contributed by atoms with Crippen LogP contribution in [0.15, 0.2) is 6.20 Å². The van der Waals surface area contributed by atoms with Gasteiger partial charge in [-0.15, -0.1) is 0 Å². The molecule has 23 heavy (non-hydrogen) atoms. The minimum Gasteiger partial charge on any atom is -0.374 e. The molecule has 7 heteroatoms. The van der Waals surface area contributed by atoms with Crippen LogP contribution in [0.5, 0.6) is 0 Å². The van der Waals surface area contributed by atoms with Crippen molar-refractivity contribution in [2.45, 2.75) is 38.7 Å². The largest absolute Gasteiger partial charge is 0.374 e. The lowest BCUT2D eigenvalue weighted by atomic mass is 9.95. The molecule has 2 aromatic heterocycles. The van der Waals surface area contributed by atoms with Gasteiger partial charge in [0.15, 0.2) is 5.65 Å². The molecule has 2 N–H and O–H groups in total. The van der Waals surface area contributed by atoms with Crippen molar-refractivity contribution in [1.82, 2.24) is 19.7 Å². The van der Waals surface area contributed by atoms with Crippen LogP contribution in [0.1, 0.15) is 33.0 Å². The molecule has 2 aromatic rings. The van der Waals surface area contributed by atoms with Crippen LogP contribution < -0.4 is 10.6 Å². The Morgan fingerprint density at radius 3 is 2.83 bits per heavy atom. The third-order valence-corrected chi connectivity index (χ3v) is 4.17. The molecule has 1 atom stereocenters. The van der Waals surface area contributed by atoms with E-state index in [1.807, 2.05) is 17.9 Å². The van der Waals surface area contributed by atoms with Crippen molar-refractivity contribution in [3.63, 3.8) is 0 Å². The van der Waals surface area contributed by atoms with Crippen molar-refractivity contribution in [3.8, 4) is 0 Å². The average molecular weight is 318 g/mol. The van der Waals surface area contributed by atoms with Gasteiger partial charge in [-0.2, -0.15) is 5.10 Å². The molecular weight excluding hydrogens is 292 g/mol. The Kier molecular flexibility index (Phi) is 4.25. The highest BCUT2D eigenvalue weighted by Gasteiger charge is 2.27. The zero-order valence-corrected chi connectivity index (χ0v) is 14.4. The number of nitrogens with two attached hydrogens (primary N) is 1. The molecule has 1 aliphatic heterocycles. The van der Waals surface area contributed by atoms with Crippen LogP contribution in [0.4, 0.5) is 5.82 Å². The molecule has 126 valence electrons. The van der Waals surface area contributed by atoms with E-state index in [0.717, 1.165) is 42.2 Å². The Balaban J connectivity index is 2.05. The molecule has 0 radical (unpaired) electrons. The third kappa shape index (κ3) is 3.16. The van der Waals surface area contributed by atoms with Gasteiger partial charge in [0.2, 0.25) is 0 Å². The van der Waals surface area contributed by atoms with Gasteiger partial charge < -0.3 is 15.4 Å². The lowest BCUT2D eigenvalue weighted by molar-refractivity contribution is 0.0367. The van der Waals surface area contributed by atoms with Crippen molar-refractivity contribution in [2.75, 3.05) is 31.1 Å². The first-order valence-electron chi connectivity index (χ1n) is 8.17. The standard InChI is InChI=1S/C16H26N6O/c1-16(2,3)15-19-13-12(9-18-21(13)4)14(20-15)22-7-8-23-11(10-22)5-6-17/h9,11H,5-8,10,17H2,1-4H3/t11-/m0/s1. The van der Waals surface area contributed by atoms with E-state index < -0.39 is 0 Å². The van der Waals surface area contributed by atoms with Gasteiger partial charge in [0.25, 0.3) is 0 Å². The summed E-state index contributed by atoms with van der Waals surface area (Å²) in [7, 11) is 1.92. The highest BCUT2D eigenvalue weighted by Crippen LogP contribution is 2.29. The maximum absolute atomic E-state index is 5.80. The summed E-state index contributed by atoms with van der Waals surface area (Å²) in [5, 5.41) is 5.36. The van der Waals surface area contributed by atoms with Gasteiger partial charge in [0.05, 0.1) is 24.3 Å². The van der Waals surface area contributed by atoms with Crippen molar-refractivity contribution in [3.05, 3.63) is 12.0 Å². The lowest BCUT2D eigenvalue weighted by Crippen LogP contribution is -2.44. The first-order chi connectivity index (χ1) is 10.9. The fraction of sp³-hybridized carbons (Fsp3) is 0.688. The molecule has 1 saturated heterocycles. The van der Waals surface area contributed by atoms with E-state index in [4.69, 9.17) is 20.4 Å². The summed E-state index contributed by atoms with van der Waals surface area (Å²) in [6.45, 7) is 9.35. The first-order valence-corrected chi connectivity index (χ1v) is 8.17. The molecule has 3 heterocycles. The van der Waals surface area contributed by atoms with E-state index in [2.05, 4.69) is 30.8 Å². The average Bonchev–Trinajstić information content (AvgIpc) is 2.88. The van der Waals surface area contributed by atoms with Crippen LogP contribution >= 0.6 is 0 Å². The second-order valence-electron chi connectivity index (χ2n) is 7.14. The highest BCUT2D eigenvalue weighted by molar-refractivity contribution is 5.87. The van der Waals surface area contributed by atoms with Crippen LogP contribution in [0, 0.1) is 0 Å². The van der Waals surface area contributed by atoms with Gasteiger partial charge in [0, 0.05) is 25.6 Å². The zero-order valence-electron chi connectivity index (χ0n) is 14.4. The van der Waals surface area contributed by atoms with Crippen molar-refractivity contribution in [2.24, 2.45) is 12.8 Å². The number of nitrogens with zero attached hydrogens (tertiary/aromatic N) is 5. The monoisotopic (exact) mass is 318 g/mol. The number of hydrogen-bond acceptors (Lipinski definition) is 6. The summed E-state index contributed by atoms with van der Waals surface area (Å²) in [5.74, 6) is 1.80. The fourth-order valence-corrected chi connectivity index (χ4v) is 2.86. The fourth-order valence-electron chi connectivity index (χ4n) is 2.86. The van der Waals surface area contributed by atoms with Crippen molar-refractivity contribution >= 4 is 16.9 Å². The molecule has 0 saturated carbocycles. The van der Waals surface area contributed by atoms with Crippen LogP contribution in [0.25, 0.3) is 11.0 Å². The van der Waals surface area contributed by atoms with E-state index in [-0.39, 0.29) is 11.5 Å². The number of morpholine rings is 1. The quantitative estimate of drug-likeness (QED) is 0.916. The van der Waals surface area contributed by atoms with Gasteiger partial charge in [-0.3, -0.25) is 4.68 Å². The molecule has 0 aromatic carbocycles. The number of aryl methyl sites for hydroxylation is 1. The summed E-state index contributed by atoms with van der Waals surface area (Å²) in [4.78, 5) is 11.9. The van der Waals surface area contributed by atoms with E-state index in [1.165, 1.54) is 0 Å². The van der Waals surface area contributed by atoms with Crippen molar-refractivity contribution in [1.29, 1.82) is 0 Å². The van der Waals surface area contributed by atoms with Crippen LogP contribution in [-0.4, -0.2) is 52.1 Å². The van der Waals surface area contributed by atoms with Gasteiger partial charge in [-0.25, -0.2) is 9.97 Å². The van der Waals surface area contributed by atoms with E-state index in [9.17, 15) is 0 Å². The second kappa shape index (κ2) is 6.05. The van der Waals surface area contributed by atoms with E-state index in [1.54, 1.807) is 0 Å². The zero-order chi connectivity index (χ0) is 16.6. The summed E-state index contributed by atoms with van der Waals surface area (Å²) in [6, 6.07) is 0. The topological polar surface area (TPSA) is 82.1 Å². The third-order valence-electron chi connectivity index (χ3n) is 4.17. The Bertz CT molecular complexity index is 688. The van der Waals surface area contributed by atoms with E-state index >= 15 is 0 Å². The minimum atomic E-state index is -0.115. The van der Waals surface area contributed by atoms with Crippen LogP contribution in [-0.2, 0) is 17.2 Å². The summed E-state index contributed by atoms with van der Waals surface area (Å²) in [5.41, 5.74) is 6.44. The number of anilines is 1. The van der Waals surface area contributed by atoms with Crippen LogP contribution in [0.2, 0.25) is 0 Å². The molecule has 0 aliphatic carbocycles. The Morgan fingerprint density at radius 1 is 1.35 bits per heavy atom. The lowest BCUT2D eigenvalue weighted by Gasteiger charge is -2.34. The SMILES string of the molecule is Cn1ncc2c(N3CCO[C@@H](CCN)C3)nc(C(C)(C)C)nc21. The first kappa shape index (κ1) is 16.1. The molecule has 3 rings (SSSR count). The van der Waals surface area contributed by atoms with Gasteiger partial charge in [-0.05, 0) is 13.0 Å². The molecule has 1 fully saturated rings. The number of hydrogen-bond donors (Lipinski definition) is 1. The summed E-state index contributed by atoms with van der Waals surface area (Å²) in [6.07, 6.45) is 2.88. The normalized spacial score (nSPS) is 19.5. The number of aromatic nitrogens is 4. The van der Waals surface area contributed by atoms with E-state index in [0.29, 0.717) is 13.2 Å². The Labute approximate surface area is 136 Å². The smallest absolute Gasteiger partial charge is 0.163 e. The summed E-state index contributed by atoms with van der Waals surface area (Å²) < 4.78 is 7.61. The highest BCUT2D eigenvalue weighted by atomic mass is 16.5. The van der Waals surface area contributed by atoms with Gasteiger partial charge in [0.1, 0.15) is 11.6 Å². The summed E-state index contributed by atoms with van der Waals surface area (Å²) >= 11 is 0. The molecule has 7 nitrogen and oxygen atoms in total. The van der Waals surface area contributed by atoms with Crippen LogP contribution in [0.3, 0.4) is 0 Å². The minimum absolute atomic E-state index is 0.115. The Hall–Kier alpha value is -1.73.